The van der Waals surface area contributed by atoms with Gasteiger partial charge in [-0.3, -0.25) is 9.78 Å². The van der Waals surface area contributed by atoms with Crippen LogP contribution in [0.4, 0.5) is 0 Å². The molecule has 0 aliphatic heterocycles. The third kappa shape index (κ3) is 5.17. The summed E-state index contributed by atoms with van der Waals surface area (Å²) < 4.78 is 6.80. The van der Waals surface area contributed by atoms with Gasteiger partial charge in [-0.1, -0.05) is 46.3 Å². The summed E-state index contributed by atoms with van der Waals surface area (Å²) in [4.78, 5) is 16.4. The van der Waals surface area contributed by atoms with Crippen molar-refractivity contribution in [3.63, 3.8) is 0 Å². The molecular weight excluding hydrogens is 392 g/mol. The van der Waals surface area contributed by atoms with Crippen molar-refractivity contribution in [2.24, 2.45) is 0 Å². The molecule has 0 saturated heterocycles. The van der Waals surface area contributed by atoms with E-state index in [4.69, 9.17) is 4.74 Å². The summed E-state index contributed by atoms with van der Waals surface area (Å²) in [5.74, 6) is 0.552. The van der Waals surface area contributed by atoms with Gasteiger partial charge in [0.15, 0.2) is 0 Å². The maximum Gasteiger partial charge on any atom is 0.251 e. The second-order valence-corrected chi connectivity index (χ2v) is 6.63. The third-order valence-electron chi connectivity index (χ3n) is 3.86. The molecule has 0 aliphatic rings. The molecule has 1 amide bonds. The first-order chi connectivity index (χ1) is 12.7. The number of hydrogen-bond donors (Lipinski definition) is 1. The van der Waals surface area contributed by atoms with Crippen LogP contribution < -0.4 is 10.1 Å². The Morgan fingerprint density at radius 2 is 1.96 bits per heavy atom. The van der Waals surface area contributed by atoms with Crippen molar-refractivity contribution in [3.05, 3.63) is 94.2 Å². The van der Waals surface area contributed by atoms with Crippen molar-refractivity contribution in [3.8, 4) is 5.75 Å². The molecule has 0 spiro atoms. The highest BCUT2D eigenvalue weighted by atomic mass is 79.9. The lowest BCUT2D eigenvalue weighted by atomic mass is 10.1. The number of carbonyl (C=O) groups excluding carboxylic acids is 1. The highest BCUT2D eigenvalue weighted by Gasteiger charge is 2.07. The minimum absolute atomic E-state index is 0.108. The van der Waals surface area contributed by atoms with Gasteiger partial charge in [-0.05, 0) is 42.3 Å². The number of aromatic nitrogens is 1. The van der Waals surface area contributed by atoms with E-state index in [1.807, 2.05) is 48.5 Å². The maximum absolute atomic E-state index is 12.4. The zero-order chi connectivity index (χ0) is 18.2. The number of halogens is 1. The molecule has 0 fully saturated rings. The summed E-state index contributed by atoms with van der Waals surface area (Å²) in [5.41, 5.74) is 2.73. The largest absolute Gasteiger partial charge is 0.489 e. The number of hydrogen-bond acceptors (Lipinski definition) is 3. The molecule has 0 radical (unpaired) electrons. The standard InChI is InChI=1S/C21H19BrN2O2/c22-20-9-2-1-6-17(20)10-12-24-21(25)18-7-3-8-19(13-18)26-15-16-5-4-11-23-14-16/h1-9,11,13-14H,10,12,15H2,(H,24,25). The molecule has 0 saturated carbocycles. The Morgan fingerprint density at radius 1 is 1.08 bits per heavy atom. The van der Waals surface area contributed by atoms with Gasteiger partial charge in [-0.2, -0.15) is 0 Å². The summed E-state index contributed by atoms with van der Waals surface area (Å²) in [6.45, 7) is 0.989. The lowest BCUT2D eigenvalue weighted by Gasteiger charge is -2.09. The summed E-state index contributed by atoms with van der Waals surface area (Å²) in [6, 6.07) is 19.0. The van der Waals surface area contributed by atoms with E-state index in [1.54, 1.807) is 24.5 Å². The van der Waals surface area contributed by atoms with Crippen molar-refractivity contribution in [2.75, 3.05) is 6.54 Å². The van der Waals surface area contributed by atoms with Crippen LogP contribution in [0.15, 0.2) is 77.5 Å². The first kappa shape index (κ1) is 18.1. The van der Waals surface area contributed by atoms with Crippen LogP contribution in [0, 0.1) is 0 Å². The maximum atomic E-state index is 12.4. The number of benzene rings is 2. The van der Waals surface area contributed by atoms with Crippen LogP contribution in [0.5, 0.6) is 5.75 Å². The highest BCUT2D eigenvalue weighted by molar-refractivity contribution is 9.10. The summed E-state index contributed by atoms with van der Waals surface area (Å²) in [7, 11) is 0. The van der Waals surface area contributed by atoms with E-state index >= 15 is 0 Å². The number of nitrogens with one attached hydrogen (secondary N) is 1. The lowest BCUT2D eigenvalue weighted by molar-refractivity contribution is 0.0953. The molecule has 3 rings (SSSR count). The van der Waals surface area contributed by atoms with Gasteiger partial charge in [0.1, 0.15) is 12.4 Å². The van der Waals surface area contributed by atoms with E-state index < -0.39 is 0 Å². The smallest absolute Gasteiger partial charge is 0.251 e. The second-order valence-electron chi connectivity index (χ2n) is 5.78. The van der Waals surface area contributed by atoms with Gasteiger partial charge in [-0.25, -0.2) is 0 Å². The predicted molar refractivity (Wildman–Crippen MR) is 105 cm³/mol. The Balaban J connectivity index is 1.53. The predicted octanol–water partition coefficient (Wildman–Crippen LogP) is 4.40. The fourth-order valence-electron chi connectivity index (χ4n) is 2.49. The quantitative estimate of drug-likeness (QED) is 0.627. The van der Waals surface area contributed by atoms with Gasteiger partial charge in [-0.15, -0.1) is 0 Å². The third-order valence-corrected chi connectivity index (χ3v) is 4.64. The van der Waals surface area contributed by atoms with Crippen LogP contribution in [-0.2, 0) is 13.0 Å². The molecule has 2 aromatic carbocycles. The summed E-state index contributed by atoms with van der Waals surface area (Å²) >= 11 is 3.52. The van der Waals surface area contributed by atoms with Crippen molar-refractivity contribution in [2.45, 2.75) is 13.0 Å². The monoisotopic (exact) mass is 410 g/mol. The van der Waals surface area contributed by atoms with E-state index in [0.29, 0.717) is 24.5 Å². The number of ether oxygens (including phenoxy) is 1. The van der Waals surface area contributed by atoms with Crippen molar-refractivity contribution in [1.82, 2.24) is 10.3 Å². The van der Waals surface area contributed by atoms with Gasteiger partial charge >= 0.3 is 0 Å². The van der Waals surface area contributed by atoms with E-state index in [1.165, 1.54) is 5.56 Å². The summed E-state index contributed by atoms with van der Waals surface area (Å²) in [6.07, 6.45) is 4.26. The molecule has 26 heavy (non-hydrogen) atoms. The van der Waals surface area contributed by atoms with E-state index in [-0.39, 0.29) is 5.91 Å². The molecule has 0 bridgehead atoms. The number of amides is 1. The molecule has 0 atom stereocenters. The zero-order valence-electron chi connectivity index (χ0n) is 14.2. The van der Waals surface area contributed by atoms with Crippen molar-refractivity contribution < 1.29 is 9.53 Å². The van der Waals surface area contributed by atoms with Crippen molar-refractivity contribution >= 4 is 21.8 Å². The Hall–Kier alpha value is -2.66. The van der Waals surface area contributed by atoms with E-state index in [9.17, 15) is 4.79 Å². The van der Waals surface area contributed by atoms with E-state index in [2.05, 4.69) is 26.2 Å². The highest BCUT2D eigenvalue weighted by Crippen LogP contribution is 2.17. The Labute approximate surface area is 161 Å². The van der Waals surface area contributed by atoms with Gasteiger partial charge < -0.3 is 10.1 Å². The van der Waals surface area contributed by atoms with Crippen molar-refractivity contribution in [1.29, 1.82) is 0 Å². The Morgan fingerprint density at radius 3 is 2.77 bits per heavy atom. The molecule has 1 heterocycles. The zero-order valence-corrected chi connectivity index (χ0v) is 15.8. The Kier molecular flexibility index (Phi) is 6.39. The SMILES string of the molecule is O=C(NCCc1ccccc1Br)c1cccc(OCc2cccnc2)c1. The van der Waals surface area contributed by atoms with Crippen LogP contribution >= 0.6 is 15.9 Å². The fraction of sp³-hybridized carbons (Fsp3) is 0.143. The number of carbonyl (C=O) groups is 1. The van der Waals surface area contributed by atoms with Crippen LogP contribution in [0.1, 0.15) is 21.5 Å². The first-order valence-electron chi connectivity index (χ1n) is 8.36. The molecule has 0 unspecified atom stereocenters. The average Bonchev–Trinajstić information content (AvgIpc) is 2.69. The normalized spacial score (nSPS) is 10.3. The van der Waals surface area contributed by atoms with E-state index in [0.717, 1.165) is 16.5 Å². The molecule has 1 N–H and O–H groups in total. The van der Waals surface area contributed by atoms with Gasteiger partial charge in [0.05, 0.1) is 0 Å². The number of nitrogens with zero attached hydrogens (tertiary/aromatic N) is 1. The van der Waals surface area contributed by atoms with Gasteiger partial charge in [0.25, 0.3) is 5.91 Å². The molecule has 1 aromatic heterocycles. The van der Waals surface area contributed by atoms with Crippen LogP contribution in [0.25, 0.3) is 0 Å². The minimum atomic E-state index is -0.108. The number of rotatable bonds is 7. The van der Waals surface area contributed by atoms with Crippen LogP contribution in [0.3, 0.4) is 0 Å². The van der Waals surface area contributed by atoms with Gasteiger partial charge in [0.2, 0.25) is 0 Å². The van der Waals surface area contributed by atoms with Crippen LogP contribution in [0.2, 0.25) is 0 Å². The molecule has 3 aromatic rings. The second kappa shape index (κ2) is 9.15. The topological polar surface area (TPSA) is 51.2 Å². The molecular formula is C21H19BrN2O2. The Bertz CT molecular complexity index is 869. The first-order valence-corrected chi connectivity index (χ1v) is 9.15. The average molecular weight is 411 g/mol. The molecule has 4 nitrogen and oxygen atoms in total. The lowest BCUT2D eigenvalue weighted by Crippen LogP contribution is -2.25. The molecule has 0 aliphatic carbocycles. The molecule has 132 valence electrons. The summed E-state index contributed by atoms with van der Waals surface area (Å²) in [5, 5.41) is 2.95. The van der Waals surface area contributed by atoms with Gasteiger partial charge in [0, 0.05) is 34.5 Å². The molecule has 5 heteroatoms. The fourth-order valence-corrected chi connectivity index (χ4v) is 2.97. The number of pyridine rings is 1. The van der Waals surface area contributed by atoms with Crippen LogP contribution in [-0.4, -0.2) is 17.4 Å². The minimum Gasteiger partial charge on any atom is -0.489 e.